The smallest absolute Gasteiger partial charge is 0.191 e. The Morgan fingerprint density at radius 1 is 1.04 bits per heavy atom. The van der Waals surface area contributed by atoms with E-state index < -0.39 is 0 Å². The van der Waals surface area contributed by atoms with E-state index in [1.165, 1.54) is 17.2 Å². The lowest BCUT2D eigenvalue weighted by Gasteiger charge is -2.14. The van der Waals surface area contributed by atoms with Crippen molar-refractivity contribution in [1.29, 1.82) is 0 Å². The quantitative estimate of drug-likeness (QED) is 0.385. The number of aryl methyl sites for hydroxylation is 1. The highest BCUT2D eigenvalue weighted by molar-refractivity contribution is 14.0. The Kier molecular flexibility index (Phi) is 9.58. The van der Waals surface area contributed by atoms with Gasteiger partial charge in [0.25, 0.3) is 0 Å². The largest absolute Gasteiger partial charge is 0.352 e. The summed E-state index contributed by atoms with van der Waals surface area (Å²) in [5.74, 6) is 0.555. The van der Waals surface area contributed by atoms with E-state index in [0.29, 0.717) is 25.2 Å². The molecule has 0 aliphatic carbocycles. The van der Waals surface area contributed by atoms with E-state index in [0.717, 1.165) is 11.5 Å². The van der Waals surface area contributed by atoms with Gasteiger partial charge in [-0.3, -0.25) is 4.99 Å². The van der Waals surface area contributed by atoms with Crippen LogP contribution in [-0.2, 0) is 19.6 Å². The lowest BCUT2D eigenvalue weighted by molar-refractivity contribution is 0.392. The first-order chi connectivity index (χ1) is 12.0. The van der Waals surface area contributed by atoms with Crippen molar-refractivity contribution in [2.45, 2.75) is 26.6 Å². The molecule has 2 aromatic carbocycles. The molecular weight excluding hydrogens is 442 g/mol. The van der Waals surface area contributed by atoms with E-state index >= 15 is 0 Å². The Bertz CT molecular complexity index is 732. The van der Waals surface area contributed by atoms with Crippen LogP contribution in [0.3, 0.4) is 0 Å². The molecule has 0 aliphatic rings. The maximum Gasteiger partial charge on any atom is 0.191 e. The summed E-state index contributed by atoms with van der Waals surface area (Å²) < 4.78 is 13.9. The van der Waals surface area contributed by atoms with Gasteiger partial charge in [-0.15, -0.1) is 24.0 Å². The zero-order valence-electron chi connectivity index (χ0n) is 15.8. The molecule has 0 spiro atoms. The summed E-state index contributed by atoms with van der Waals surface area (Å²) in [5, 5.41) is 6.57. The molecule has 0 amide bonds. The average Bonchev–Trinajstić information content (AvgIpc) is 2.57. The highest BCUT2D eigenvalue weighted by Crippen LogP contribution is 2.12. The first-order valence-electron chi connectivity index (χ1n) is 8.40. The monoisotopic (exact) mass is 470 g/mol. The van der Waals surface area contributed by atoms with Gasteiger partial charge < -0.3 is 15.5 Å². The molecule has 0 saturated heterocycles. The van der Waals surface area contributed by atoms with Crippen LogP contribution in [0.1, 0.15) is 22.3 Å². The van der Waals surface area contributed by atoms with Crippen LogP contribution in [0.25, 0.3) is 0 Å². The average molecular weight is 470 g/mol. The van der Waals surface area contributed by atoms with Crippen molar-refractivity contribution in [3.8, 4) is 0 Å². The molecule has 0 heterocycles. The van der Waals surface area contributed by atoms with Crippen LogP contribution in [0.5, 0.6) is 0 Å². The molecule has 0 unspecified atom stereocenters. The normalized spacial score (nSPS) is 11.2. The lowest BCUT2D eigenvalue weighted by Crippen LogP contribution is -2.36. The van der Waals surface area contributed by atoms with Gasteiger partial charge in [0.2, 0.25) is 0 Å². The van der Waals surface area contributed by atoms with Crippen LogP contribution in [0.4, 0.5) is 4.39 Å². The Morgan fingerprint density at radius 2 is 1.69 bits per heavy atom. The van der Waals surface area contributed by atoms with Crippen LogP contribution in [-0.4, -0.2) is 32.0 Å². The van der Waals surface area contributed by atoms with Crippen LogP contribution in [0.15, 0.2) is 47.5 Å². The Hall–Kier alpha value is -1.67. The van der Waals surface area contributed by atoms with Crippen molar-refractivity contribution < 1.29 is 4.39 Å². The number of aliphatic imine (C=N–C) groups is 1. The molecule has 0 atom stereocenters. The maximum absolute atomic E-state index is 13.9. The number of nitrogens with one attached hydrogen (secondary N) is 2. The molecule has 0 aliphatic heterocycles. The highest BCUT2D eigenvalue weighted by Gasteiger charge is 2.06. The summed E-state index contributed by atoms with van der Waals surface area (Å²) in [7, 11) is 5.61. The van der Waals surface area contributed by atoms with Crippen molar-refractivity contribution in [3.63, 3.8) is 0 Å². The molecule has 142 valence electrons. The molecular formula is C20H28FIN4. The minimum atomic E-state index is -0.167. The number of hydrogen-bond acceptors (Lipinski definition) is 2. The fraction of sp³-hybridized carbons (Fsp3) is 0.350. The summed E-state index contributed by atoms with van der Waals surface area (Å²) in [6.45, 7) is 3.96. The topological polar surface area (TPSA) is 39.7 Å². The third-order valence-corrected chi connectivity index (χ3v) is 3.82. The summed E-state index contributed by atoms with van der Waals surface area (Å²) in [5.41, 5.74) is 4.17. The molecule has 2 rings (SSSR count). The number of rotatable bonds is 6. The molecule has 0 radical (unpaired) electrons. The highest BCUT2D eigenvalue weighted by atomic mass is 127. The first kappa shape index (κ1) is 22.4. The Labute approximate surface area is 172 Å². The van der Waals surface area contributed by atoms with E-state index in [2.05, 4.69) is 40.7 Å². The number of nitrogens with zero attached hydrogens (tertiary/aromatic N) is 2. The van der Waals surface area contributed by atoms with Crippen LogP contribution < -0.4 is 10.6 Å². The van der Waals surface area contributed by atoms with Gasteiger partial charge in [0.15, 0.2) is 5.96 Å². The number of hydrogen-bond donors (Lipinski definition) is 2. The van der Waals surface area contributed by atoms with Gasteiger partial charge in [-0.05, 0) is 44.3 Å². The van der Waals surface area contributed by atoms with Crippen molar-refractivity contribution >= 4 is 29.9 Å². The minimum absolute atomic E-state index is 0. The summed E-state index contributed by atoms with van der Waals surface area (Å²) in [6.07, 6.45) is 0. The second-order valence-corrected chi connectivity index (χ2v) is 6.43. The van der Waals surface area contributed by atoms with E-state index in [-0.39, 0.29) is 29.8 Å². The Balaban J connectivity index is 0.00000338. The molecule has 6 heteroatoms. The number of guanidine groups is 1. The van der Waals surface area contributed by atoms with Crippen molar-refractivity contribution in [2.75, 3.05) is 21.1 Å². The van der Waals surface area contributed by atoms with Gasteiger partial charge in [-0.25, -0.2) is 4.39 Å². The summed E-state index contributed by atoms with van der Waals surface area (Å²) >= 11 is 0. The summed E-state index contributed by atoms with van der Waals surface area (Å²) in [6, 6.07) is 13.6. The van der Waals surface area contributed by atoms with Gasteiger partial charge in [0.1, 0.15) is 5.82 Å². The molecule has 2 aromatic rings. The van der Waals surface area contributed by atoms with Crippen LogP contribution in [0, 0.1) is 12.7 Å². The van der Waals surface area contributed by atoms with Crippen LogP contribution >= 0.6 is 24.0 Å². The predicted octanol–water partition coefficient (Wildman–Crippen LogP) is 3.68. The van der Waals surface area contributed by atoms with E-state index in [9.17, 15) is 4.39 Å². The zero-order chi connectivity index (χ0) is 18.2. The second-order valence-electron chi connectivity index (χ2n) is 6.43. The van der Waals surface area contributed by atoms with Crippen LogP contribution in [0.2, 0.25) is 0 Å². The third-order valence-electron chi connectivity index (χ3n) is 3.82. The molecule has 0 aromatic heterocycles. The van der Waals surface area contributed by atoms with Gasteiger partial charge in [-0.1, -0.05) is 35.9 Å². The molecule has 0 saturated carbocycles. The van der Waals surface area contributed by atoms with Crippen molar-refractivity contribution in [3.05, 3.63) is 70.5 Å². The van der Waals surface area contributed by atoms with E-state index in [1.54, 1.807) is 13.1 Å². The van der Waals surface area contributed by atoms with Gasteiger partial charge in [-0.2, -0.15) is 0 Å². The zero-order valence-corrected chi connectivity index (χ0v) is 18.2. The molecule has 4 nitrogen and oxygen atoms in total. The standard InChI is InChI=1S/C20H27FN4.HI/c1-15-6-5-7-16(10-15)12-23-20(22-2)24-13-17-8-9-19(21)18(11-17)14-25(3)4;/h5-11H,12-14H2,1-4H3,(H2,22,23,24);1H. The minimum Gasteiger partial charge on any atom is -0.352 e. The Morgan fingerprint density at radius 3 is 2.27 bits per heavy atom. The number of halogens is 2. The molecule has 26 heavy (non-hydrogen) atoms. The van der Waals surface area contributed by atoms with Crippen molar-refractivity contribution in [2.24, 2.45) is 4.99 Å². The van der Waals surface area contributed by atoms with E-state index in [1.807, 2.05) is 31.1 Å². The third kappa shape index (κ3) is 7.29. The predicted molar refractivity (Wildman–Crippen MR) is 117 cm³/mol. The first-order valence-corrected chi connectivity index (χ1v) is 8.40. The fourth-order valence-corrected chi connectivity index (χ4v) is 2.61. The lowest BCUT2D eigenvalue weighted by atomic mass is 10.1. The molecule has 0 fully saturated rings. The van der Waals surface area contributed by atoms with Gasteiger partial charge in [0.05, 0.1) is 0 Å². The summed E-state index contributed by atoms with van der Waals surface area (Å²) in [4.78, 5) is 6.20. The number of benzene rings is 2. The fourth-order valence-electron chi connectivity index (χ4n) is 2.61. The maximum atomic E-state index is 13.9. The second kappa shape index (κ2) is 11.1. The SMILES string of the molecule is CN=C(NCc1cccc(C)c1)NCc1ccc(F)c(CN(C)C)c1.I. The molecule has 0 bridgehead atoms. The van der Waals surface area contributed by atoms with Gasteiger partial charge in [0, 0.05) is 32.2 Å². The molecule has 2 N–H and O–H groups in total. The van der Waals surface area contributed by atoms with Gasteiger partial charge >= 0.3 is 0 Å². The van der Waals surface area contributed by atoms with E-state index in [4.69, 9.17) is 0 Å². The van der Waals surface area contributed by atoms with Crippen molar-refractivity contribution in [1.82, 2.24) is 15.5 Å².